The van der Waals surface area contributed by atoms with Crippen LogP contribution in [-0.2, 0) is 0 Å². The van der Waals surface area contributed by atoms with Crippen LogP contribution < -0.4 is 14.8 Å². The minimum Gasteiger partial charge on any atom is -0.493 e. The summed E-state index contributed by atoms with van der Waals surface area (Å²) < 4.78 is 51.7. The van der Waals surface area contributed by atoms with E-state index in [2.05, 4.69) is 9.88 Å². The van der Waals surface area contributed by atoms with E-state index in [1.807, 2.05) is 12.4 Å². The van der Waals surface area contributed by atoms with Gasteiger partial charge in [0.15, 0.2) is 17.5 Å². The van der Waals surface area contributed by atoms with E-state index in [9.17, 15) is 18.0 Å². The molecule has 0 bridgehead atoms. The van der Waals surface area contributed by atoms with Gasteiger partial charge < -0.3 is 19.7 Å². The molecule has 1 N–H and O–H groups in total. The van der Waals surface area contributed by atoms with Crippen molar-refractivity contribution in [1.29, 1.82) is 0 Å². The maximum atomic E-state index is 13.5. The number of amides is 1. The molecule has 1 saturated heterocycles. The van der Waals surface area contributed by atoms with Crippen molar-refractivity contribution in [3.05, 3.63) is 53.9 Å². The highest BCUT2D eigenvalue weighted by molar-refractivity contribution is 5.95. The molecule has 162 valence electrons. The fourth-order valence-electron chi connectivity index (χ4n) is 3.27. The molecule has 1 atom stereocenters. The molecule has 0 aliphatic carbocycles. The molecule has 1 fully saturated rings. The van der Waals surface area contributed by atoms with Crippen molar-refractivity contribution in [2.75, 3.05) is 27.2 Å². The van der Waals surface area contributed by atoms with Crippen molar-refractivity contribution >= 4 is 5.91 Å². The van der Waals surface area contributed by atoms with E-state index in [0.717, 1.165) is 25.9 Å². The van der Waals surface area contributed by atoms with Gasteiger partial charge in [0.2, 0.25) is 0 Å². The van der Waals surface area contributed by atoms with E-state index < -0.39 is 18.1 Å². The van der Waals surface area contributed by atoms with E-state index >= 15 is 0 Å². The number of carbonyl (C=O) groups is 1. The zero-order chi connectivity index (χ0) is 21.7. The highest BCUT2D eigenvalue weighted by atomic mass is 19.4. The monoisotopic (exact) mass is 423 g/mol. The van der Waals surface area contributed by atoms with Gasteiger partial charge in [-0.3, -0.25) is 9.78 Å². The average molecular weight is 423 g/mol. The second-order valence-electron chi connectivity index (χ2n) is 7.19. The predicted molar refractivity (Wildman–Crippen MR) is 105 cm³/mol. The Labute approximate surface area is 173 Å². The number of nitrogens with zero attached hydrogens (tertiary/aromatic N) is 2. The summed E-state index contributed by atoms with van der Waals surface area (Å²) in [7, 11) is 3.47. The summed E-state index contributed by atoms with van der Waals surface area (Å²) in [5, 5.41) is 2.02. The van der Waals surface area contributed by atoms with Crippen LogP contribution in [0.5, 0.6) is 11.5 Å². The van der Waals surface area contributed by atoms with Crippen LogP contribution in [0.1, 0.15) is 34.9 Å². The number of pyridine rings is 1. The number of hydrogen-bond acceptors (Lipinski definition) is 5. The number of rotatable bonds is 6. The minimum absolute atomic E-state index is 0.0218. The molecular formula is C21H24F3N3O3. The Kier molecular flexibility index (Phi) is 6.81. The molecule has 3 rings (SSSR count). The first-order chi connectivity index (χ1) is 14.3. The Balaban J connectivity index is 1.75. The van der Waals surface area contributed by atoms with Gasteiger partial charge in [0, 0.05) is 24.8 Å². The molecule has 0 saturated carbocycles. The average Bonchev–Trinajstić information content (AvgIpc) is 2.73. The standard InChI is InChI=1S/C21H24F3N3O3/c1-27-11-8-15(9-12-27)30-17-7-6-14(13-18(17)29-2)20(28)26-19(21(22,23)24)16-5-3-4-10-25-16/h3-7,10,13,15,19H,8-9,11-12H2,1-2H3,(H,26,28). The first-order valence-corrected chi connectivity index (χ1v) is 9.59. The van der Waals surface area contributed by atoms with Crippen molar-refractivity contribution in [2.24, 2.45) is 0 Å². The molecule has 1 aromatic carbocycles. The number of ether oxygens (including phenoxy) is 2. The number of benzene rings is 1. The number of piperidine rings is 1. The molecule has 9 heteroatoms. The Morgan fingerprint density at radius 2 is 1.93 bits per heavy atom. The molecule has 1 aliphatic heterocycles. The van der Waals surface area contributed by atoms with Crippen LogP contribution in [0.2, 0.25) is 0 Å². The molecule has 1 amide bonds. The normalized spacial score (nSPS) is 16.7. The number of alkyl halides is 3. The molecule has 30 heavy (non-hydrogen) atoms. The molecular weight excluding hydrogens is 399 g/mol. The Bertz CT molecular complexity index is 854. The zero-order valence-electron chi connectivity index (χ0n) is 16.8. The quantitative estimate of drug-likeness (QED) is 0.769. The van der Waals surface area contributed by atoms with Crippen molar-refractivity contribution < 1.29 is 27.4 Å². The number of likely N-dealkylation sites (tertiary alicyclic amines) is 1. The van der Waals surface area contributed by atoms with E-state index in [1.165, 1.54) is 43.6 Å². The summed E-state index contributed by atoms with van der Waals surface area (Å²) in [6.45, 7) is 1.83. The third kappa shape index (κ3) is 5.41. The predicted octanol–water partition coefficient (Wildman–Crippen LogP) is 3.60. The molecule has 2 aromatic rings. The van der Waals surface area contributed by atoms with E-state index in [0.29, 0.717) is 11.5 Å². The summed E-state index contributed by atoms with van der Waals surface area (Å²) in [4.78, 5) is 18.5. The van der Waals surface area contributed by atoms with Gasteiger partial charge in [0.1, 0.15) is 6.10 Å². The van der Waals surface area contributed by atoms with Crippen molar-refractivity contribution in [1.82, 2.24) is 15.2 Å². The molecule has 6 nitrogen and oxygen atoms in total. The Morgan fingerprint density at radius 3 is 2.53 bits per heavy atom. The highest BCUT2D eigenvalue weighted by Gasteiger charge is 2.43. The highest BCUT2D eigenvalue weighted by Crippen LogP contribution is 2.33. The number of aromatic nitrogens is 1. The van der Waals surface area contributed by atoms with Gasteiger partial charge in [-0.25, -0.2) is 0 Å². The topological polar surface area (TPSA) is 63.7 Å². The van der Waals surface area contributed by atoms with Crippen molar-refractivity contribution in [2.45, 2.75) is 31.2 Å². The Morgan fingerprint density at radius 1 is 1.20 bits per heavy atom. The molecule has 1 aliphatic rings. The summed E-state index contributed by atoms with van der Waals surface area (Å²) in [5.74, 6) is -0.129. The van der Waals surface area contributed by atoms with Crippen LogP contribution in [-0.4, -0.2) is 55.3 Å². The first kappa shape index (κ1) is 21.9. The summed E-state index contributed by atoms with van der Waals surface area (Å²) >= 11 is 0. The smallest absolute Gasteiger partial charge is 0.414 e. The molecule has 0 radical (unpaired) electrons. The SMILES string of the molecule is COc1cc(C(=O)NC(c2ccccn2)C(F)(F)F)ccc1OC1CCN(C)CC1. The largest absolute Gasteiger partial charge is 0.493 e. The zero-order valence-corrected chi connectivity index (χ0v) is 16.8. The van der Waals surface area contributed by atoms with E-state index in [1.54, 1.807) is 6.07 Å². The molecule has 1 unspecified atom stereocenters. The molecule has 2 heterocycles. The lowest BCUT2D eigenvalue weighted by molar-refractivity contribution is -0.156. The van der Waals surface area contributed by atoms with Crippen LogP contribution >= 0.6 is 0 Å². The number of hydrogen-bond donors (Lipinski definition) is 1. The van der Waals surface area contributed by atoms with Crippen LogP contribution in [0, 0.1) is 0 Å². The lowest BCUT2D eigenvalue weighted by Gasteiger charge is -2.29. The van der Waals surface area contributed by atoms with Gasteiger partial charge in [-0.2, -0.15) is 13.2 Å². The Hall–Kier alpha value is -2.81. The second kappa shape index (κ2) is 9.34. The summed E-state index contributed by atoms with van der Waals surface area (Å²) in [5.41, 5.74) is -0.250. The van der Waals surface area contributed by atoms with Crippen LogP contribution in [0.3, 0.4) is 0 Å². The van der Waals surface area contributed by atoms with Crippen LogP contribution in [0.25, 0.3) is 0 Å². The van der Waals surface area contributed by atoms with Gasteiger partial charge in [0.25, 0.3) is 5.91 Å². The summed E-state index contributed by atoms with van der Waals surface area (Å²) in [6.07, 6.45) is -1.70. The van der Waals surface area contributed by atoms with E-state index in [4.69, 9.17) is 9.47 Å². The minimum atomic E-state index is -4.69. The lowest BCUT2D eigenvalue weighted by atomic mass is 10.1. The summed E-state index contributed by atoms with van der Waals surface area (Å²) in [6, 6.07) is 6.30. The molecule has 0 spiro atoms. The first-order valence-electron chi connectivity index (χ1n) is 9.59. The third-order valence-corrected chi connectivity index (χ3v) is 4.97. The van der Waals surface area contributed by atoms with Gasteiger partial charge in [-0.05, 0) is 50.2 Å². The number of nitrogens with one attached hydrogen (secondary N) is 1. The fraction of sp³-hybridized carbons (Fsp3) is 0.429. The van der Waals surface area contributed by atoms with Crippen LogP contribution in [0.15, 0.2) is 42.6 Å². The van der Waals surface area contributed by atoms with Gasteiger partial charge in [0.05, 0.1) is 12.8 Å². The van der Waals surface area contributed by atoms with E-state index in [-0.39, 0.29) is 17.4 Å². The third-order valence-electron chi connectivity index (χ3n) is 4.97. The molecule has 1 aromatic heterocycles. The van der Waals surface area contributed by atoms with Gasteiger partial charge in [-0.1, -0.05) is 6.07 Å². The number of methoxy groups -OCH3 is 1. The van der Waals surface area contributed by atoms with Crippen LogP contribution in [0.4, 0.5) is 13.2 Å². The maximum absolute atomic E-state index is 13.5. The van der Waals surface area contributed by atoms with Gasteiger partial charge in [-0.15, -0.1) is 0 Å². The lowest BCUT2D eigenvalue weighted by Crippen LogP contribution is -2.38. The van der Waals surface area contributed by atoms with Crippen molar-refractivity contribution in [3.63, 3.8) is 0 Å². The van der Waals surface area contributed by atoms with Gasteiger partial charge >= 0.3 is 6.18 Å². The number of halogens is 3. The fourth-order valence-corrected chi connectivity index (χ4v) is 3.27. The van der Waals surface area contributed by atoms with Crippen molar-refractivity contribution in [3.8, 4) is 11.5 Å². The number of carbonyl (C=O) groups excluding carboxylic acids is 1. The second-order valence-corrected chi connectivity index (χ2v) is 7.19. The maximum Gasteiger partial charge on any atom is 0.414 e.